The first-order valence-electron chi connectivity index (χ1n) is 5.90. The molecule has 2 heteroatoms. The molecule has 0 radical (unpaired) electrons. The Morgan fingerprint density at radius 2 is 2.00 bits per heavy atom. The van der Waals surface area contributed by atoms with Crippen molar-refractivity contribution in [2.45, 2.75) is 33.1 Å². The number of fused-ring (bicyclic) bond motifs is 1. The Balaban J connectivity index is 2.61. The van der Waals surface area contributed by atoms with Crippen molar-refractivity contribution >= 4 is 5.91 Å². The second kappa shape index (κ2) is 3.93. The smallest absolute Gasteiger partial charge is 0.253 e. The Kier molecular flexibility index (Phi) is 2.75. The molecule has 0 aromatic heterocycles. The van der Waals surface area contributed by atoms with E-state index in [1.54, 1.807) is 0 Å². The number of hydrogen-bond acceptors (Lipinski definition) is 1. The Morgan fingerprint density at radius 1 is 1.31 bits per heavy atom. The van der Waals surface area contributed by atoms with E-state index < -0.39 is 0 Å². The van der Waals surface area contributed by atoms with Crippen molar-refractivity contribution in [3.05, 3.63) is 34.4 Å². The molecule has 16 heavy (non-hydrogen) atoms. The van der Waals surface area contributed by atoms with E-state index in [1.165, 1.54) is 16.7 Å². The molecule has 1 heterocycles. The number of rotatable bonds is 1. The van der Waals surface area contributed by atoms with E-state index in [9.17, 15) is 4.79 Å². The van der Waals surface area contributed by atoms with Crippen LogP contribution >= 0.6 is 0 Å². The van der Waals surface area contributed by atoms with Crippen LogP contribution in [0.1, 0.15) is 46.8 Å². The number of carbonyl (C=O) groups is 1. The lowest BCUT2D eigenvalue weighted by atomic mass is 9.86. The molecule has 0 spiro atoms. The zero-order valence-corrected chi connectivity index (χ0v) is 10.5. The molecular weight excluding hydrogens is 198 g/mol. The van der Waals surface area contributed by atoms with Gasteiger partial charge in [-0.1, -0.05) is 19.9 Å². The van der Waals surface area contributed by atoms with E-state index in [0.29, 0.717) is 5.92 Å². The van der Waals surface area contributed by atoms with Gasteiger partial charge in [-0.15, -0.1) is 0 Å². The molecule has 1 aliphatic rings. The van der Waals surface area contributed by atoms with Crippen molar-refractivity contribution in [1.82, 2.24) is 4.90 Å². The Bertz CT molecular complexity index is 435. The largest absolute Gasteiger partial charge is 0.341 e. The number of likely N-dealkylation sites (N-methyl/N-ethyl adjacent to an activating group) is 1. The topological polar surface area (TPSA) is 20.3 Å². The van der Waals surface area contributed by atoms with Gasteiger partial charge < -0.3 is 4.90 Å². The summed E-state index contributed by atoms with van der Waals surface area (Å²) in [5, 5.41) is 0. The highest BCUT2D eigenvalue weighted by Crippen LogP contribution is 2.29. The van der Waals surface area contributed by atoms with Crippen molar-refractivity contribution in [3.8, 4) is 0 Å². The number of nitrogens with zero attached hydrogens (tertiary/aromatic N) is 1. The molecule has 0 atom stereocenters. The minimum Gasteiger partial charge on any atom is -0.341 e. The maximum atomic E-state index is 12.0. The van der Waals surface area contributed by atoms with Crippen LogP contribution in [0, 0.1) is 6.92 Å². The van der Waals surface area contributed by atoms with E-state index in [1.807, 2.05) is 18.0 Å². The SMILES string of the molecule is Cc1ccc2c(c1C(C)C)CCN(C)C2=O. The molecule has 0 N–H and O–H groups in total. The molecule has 0 fully saturated rings. The number of hydrogen-bond donors (Lipinski definition) is 0. The van der Waals surface area contributed by atoms with Crippen LogP contribution in [0.3, 0.4) is 0 Å². The standard InChI is InChI=1S/C14H19NO/c1-9(2)13-10(3)5-6-12-11(13)7-8-15(4)14(12)16/h5-6,9H,7-8H2,1-4H3. The summed E-state index contributed by atoms with van der Waals surface area (Å²) >= 11 is 0. The minimum absolute atomic E-state index is 0.170. The molecule has 2 rings (SSSR count). The highest BCUT2D eigenvalue weighted by Gasteiger charge is 2.25. The summed E-state index contributed by atoms with van der Waals surface area (Å²) in [7, 11) is 1.88. The van der Waals surface area contributed by atoms with Crippen molar-refractivity contribution in [2.24, 2.45) is 0 Å². The van der Waals surface area contributed by atoms with Crippen LogP contribution in [-0.4, -0.2) is 24.4 Å². The average Bonchev–Trinajstić information content (AvgIpc) is 2.22. The molecule has 1 aromatic rings. The van der Waals surface area contributed by atoms with Gasteiger partial charge in [-0.25, -0.2) is 0 Å². The summed E-state index contributed by atoms with van der Waals surface area (Å²) in [6, 6.07) is 4.06. The van der Waals surface area contributed by atoms with Crippen molar-refractivity contribution < 1.29 is 4.79 Å². The Hall–Kier alpha value is -1.31. The summed E-state index contributed by atoms with van der Waals surface area (Å²) in [6.07, 6.45) is 0.993. The normalized spacial score (nSPS) is 15.6. The maximum absolute atomic E-state index is 12.0. The molecule has 0 unspecified atom stereocenters. The third kappa shape index (κ3) is 1.62. The Morgan fingerprint density at radius 3 is 2.62 bits per heavy atom. The fraction of sp³-hybridized carbons (Fsp3) is 0.500. The number of aryl methyl sites for hydroxylation is 1. The molecule has 1 aliphatic heterocycles. The quantitative estimate of drug-likeness (QED) is 0.708. The van der Waals surface area contributed by atoms with E-state index >= 15 is 0 Å². The van der Waals surface area contributed by atoms with Gasteiger partial charge >= 0.3 is 0 Å². The first-order chi connectivity index (χ1) is 7.52. The number of carbonyl (C=O) groups excluding carboxylic acids is 1. The second-order valence-electron chi connectivity index (χ2n) is 4.95. The van der Waals surface area contributed by atoms with Crippen LogP contribution in [0.25, 0.3) is 0 Å². The van der Waals surface area contributed by atoms with Crippen LogP contribution < -0.4 is 0 Å². The highest BCUT2D eigenvalue weighted by molar-refractivity contribution is 5.97. The monoisotopic (exact) mass is 217 g/mol. The van der Waals surface area contributed by atoms with E-state index in [4.69, 9.17) is 0 Å². The first-order valence-corrected chi connectivity index (χ1v) is 5.90. The minimum atomic E-state index is 0.170. The number of amides is 1. The molecule has 2 nitrogen and oxygen atoms in total. The third-order valence-electron chi connectivity index (χ3n) is 3.43. The van der Waals surface area contributed by atoms with Crippen LogP contribution in [0.2, 0.25) is 0 Å². The summed E-state index contributed by atoms with van der Waals surface area (Å²) in [4.78, 5) is 13.8. The molecule has 1 amide bonds. The predicted octanol–water partition coefficient (Wildman–Crippen LogP) is 2.75. The lowest BCUT2D eigenvalue weighted by molar-refractivity contribution is 0.0780. The summed E-state index contributed by atoms with van der Waals surface area (Å²) in [5.41, 5.74) is 4.87. The van der Waals surface area contributed by atoms with Gasteiger partial charge in [-0.3, -0.25) is 4.79 Å². The lowest BCUT2D eigenvalue weighted by Gasteiger charge is -2.28. The summed E-state index contributed by atoms with van der Waals surface area (Å²) in [5.74, 6) is 0.661. The highest BCUT2D eigenvalue weighted by atomic mass is 16.2. The van der Waals surface area contributed by atoms with Crippen molar-refractivity contribution in [2.75, 3.05) is 13.6 Å². The van der Waals surface area contributed by atoms with Gasteiger partial charge in [-0.05, 0) is 42.0 Å². The van der Waals surface area contributed by atoms with Gasteiger partial charge in [0.15, 0.2) is 0 Å². The van der Waals surface area contributed by atoms with Crippen LogP contribution in [0.4, 0.5) is 0 Å². The van der Waals surface area contributed by atoms with Gasteiger partial charge in [0.1, 0.15) is 0 Å². The van der Waals surface area contributed by atoms with Gasteiger partial charge in [0, 0.05) is 19.2 Å². The van der Waals surface area contributed by atoms with Crippen molar-refractivity contribution in [1.29, 1.82) is 0 Å². The fourth-order valence-electron chi connectivity index (χ4n) is 2.64. The average molecular weight is 217 g/mol. The fourth-order valence-corrected chi connectivity index (χ4v) is 2.64. The molecule has 0 aliphatic carbocycles. The molecule has 86 valence electrons. The number of benzene rings is 1. The molecule has 1 aromatic carbocycles. The van der Waals surface area contributed by atoms with E-state index in [-0.39, 0.29) is 5.91 Å². The van der Waals surface area contributed by atoms with Gasteiger partial charge in [0.2, 0.25) is 0 Å². The van der Waals surface area contributed by atoms with Gasteiger partial charge in [0.25, 0.3) is 5.91 Å². The van der Waals surface area contributed by atoms with Crippen LogP contribution in [-0.2, 0) is 6.42 Å². The van der Waals surface area contributed by atoms with Gasteiger partial charge in [0.05, 0.1) is 0 Å². The van der Waals surface area contributed by atoms with Crippen LogP contribution in [0.15, 0.2) is 12.1 Å². The third-order valence-corrected chi connectivity index (χ3v) is 3.43. The lowest BCUT2D eigenvalue weighted by Crippen LogP contribution is -2.35. The Labute approximate surface area is 97.3 Å². The summed E-state index contributed by atoms with van der Waals surface area (Å²) < 4.78 is 0. The molecule has 0 saturated heterocycles. The van der Waals surface area contributed by atoms with Crippen molar-refractivity contribution in [3.63, 3.8) is 0 Å². The molecule has 0 bridgehead atoms. The maximum Gasteiger partial charge on any atom is 0.253 e. The van der Waals surface area contributed by atoms with E-state index in [0.717, 1.165) is 18.5 Å². The summed E-state index contributed by atoms with van der Waals surface area (Å²) in [6.45, 7) is 7.38. The first kappa shape index (κ1) is 11.2. The van der Waals surface area contributed by atoms with E-state index in [2.05, 4.69) is 26.8 Å². The zero-order valence-electron chi connectivity index (χ0n) is 10.5. The molecule has 0 saturated carbocycles. The van der Waals surface area contributed by atoms with Crippen LogP contribution in [0.5, 0.6) is 0 Å². The molecular formula is C14H19NO. The van der Waals surface area contributed by atoms with Gasteiger partial charge in [-0.2, -0.15) is 0 Å². The predicted molar refractivity (Wildman–Crippen MR) is 65.9 cm³/mol. The zero-order chi connectivity index (χ0) is 11.9. The second-order valence-corrected chi connectivity index (χ2v) is 4.95.